The number of amides is 1. The molecule has 2 N–H and O–H groups in total. The zero-order valence-electron chi connectivity index (χ0n) is 12.5. The van der Waals surface area contributed by atoms with Crippen LogP contribution >= 0.6 is 11.3 Å². The summed E-state index contributed by atoms with van der Waals surface area (Å²) >= 11 is 1.40. The van der Waals surface area contributed by atoms with Crippen LogP contribution in [0.2, 0.25) is 0 Å². The molecule has 5 heteroatoms. The minimum absolute atomic E-state index is 0.0768. The van der Waals surface area contributed by atoms with Gasteiger partial charge in [0.25, 0.3) is 5.91 Å². The van der Waals surface area contributed by atoms with Gasteiger partial charge in [0, 0.05) is 23.8 Å². The third-order valence-electron chi connectivity index (χ3n) is 4.15. The summed E-state index contributed by atoms with van der Waals surface area (Å²) in [6.45, 7) is 1.42. The van der Waals surface area contributed by atoms with Crippen LogP contribution in [0.15, 0.2) is 24.3 Å². The number of halogens is 1. The highest BCUT2D eigenvalue weighted by Crippen LogP contribution is 2.26. The number of carbonyl (C=O) groups excluding carboxylic acids is 1. The molecule has 3 rings (SSSR count). The first kappa shape index (κ1) is 15.4. The first-order valence-electron chi connectivity index (χ1n) is 7.93. The van der Waals surface area contributed by atoms with Gasteiger partial charge in [-0.15, -0.1) is 11.3 Å². The molecule has 1 fully saturated rings. The zero-order chi connectivity index (χ0) is 15.4. The molecular formula is C17H21FN2OS. The predicted octanol–water partition coefficient (Wildman–Crippen LogP) is 3.69. The molecule has 0 radical (unpaired) electrons. The maximum absolute atomic E-state index is 13.2. The maximum atomic E-state index is 13.2. The molecular weight excluding hydrogens is 299 g/mol. The lowest BCUT2D eigenvalue weighted by atomic mass is 9.95. The summed E-state index contributed by atoms with van der Waals surface area (Å²) in [6.07, 6.45) is 6.46. The van der Waals surface area contributed by atoms with Crippen molar-refractivity contribution < 1.29 is 9.18 Å². The van der Waals surface area contributed by atoms with Gasteiger partial charge >= 0.3 is 0 Å². The van der Waals surface area contributed by atoms with Crippen molar-refractivity contribution >= 4 is 27.3 Å². The van der Waals surface area contributed by atoms with E-state index < -0.39 is 0 Å². The molecule has 118 valence electrons. The number of rotatable bonds is 5. The number of hydrogen-bond donors (Lipinski definition) is 2. The van der Waals surface area contributed by atoms with E-state index in [1.54, 1.807) is 12.1 Å². The third-order valence-corrected chi connectivity index (χ3v) is 5.27. The molecule has 0 saturated heterocycles. The summed E-state index contributed by atoms with van der Waals surface area (Å²) in [4.78, 5) is 12.8. The minimum Gasteiger partial charge on any atom is -0.350 e. The van der Waals surface area contributed by atoms with Gasteiger partial charge < -0.3 is 10.6 Å². The van der Waals surface area contributed by atoms with Crippen molar-refractivity contribution in [3.63, 3.8) is 0 Å². The van der Waals surface area contributed by atoms with Gasteiger partial charge in [0.1, 0.15) is 5.82 Å². The first-order chi connectivity index (χ1) is 10.7. The largest absolute Gasteiger partial charge is 0.350 e. The highest BCUT2D eigenvalue weighted by atomic mass is 32.1. The van der Waals surface area contributed by atoms with E-state index in [-0.39, 0.29) is 11.7 Å². The van der Waals surface area contributed by atoms with Crippen LogP contribution in [0.5, 0.6) is 0 Å². The lowest BCUT2D eigenvalue weighted by Crippen LogP contribution is -2.37. The minimum atomic E-state index is -0.269. The summed E-state index contributed by atoms with van der Waals surface area (Å²) in [5, 5.41) is 7.22. The van der Waals surface area contributed by atoms with E-state index in [4.69, 9.17) is 0 Å². The summed E-state index contributed by atoms with van der Waals surface area (Å²) in [5.41, 5.74) is 0. The number of nitrogens with one attached hydrogen (secondary N) is 2. The van der Waals surface area contributed by atoms with Gasteiger partial charge in [-0.1, -0.05) is 19.3 Å². The highest BCUT2D eigenvalue weighted by molar-refractivity contribution is 7.20. The van der Waals surface area contributed by atoms with Crippen molar-refractivity contribution in [2.75, 3.05) is 13.1 Å². The van der Waals surface area contributed by atoms with Crippen molar-refractivity contribution in [3.05, 3.63) is 35.0 Å². The fourth-order valence-electron chi connectivity index (χ4n) is 2.97. The molecule has 1 aliphatic carbocycles. The van der Waals surface area contributed by atoms with Crippen molar-refractivity contribution in [2.24, 2.45) is 0 Å². The van der Waals surface area contributed by atoms with E-state index in [2.05, 4.69) is 10.6 Å². The van der Waals surface area contributed by atoms with E-state index in [0.717, 1.165) is 16.6 Å². The smallest absolute Gasteiger partial charge is 0.261 e. The maximum Gasteiger partial charge on any atom is 0.261 e. The van der Waals surface area contributed by atoms with Crippen molar-refractivity contribution in [2.45, 2.75) is 38.1 Å². The fourth-order valence-corrected chi connectivity index (χ4v) is 3.93. The van der Waals surface area contributed by atoms with Crippen LogP contribution in [0.25, 0.3) is 10.1 Å². The molecule has 2 aromatic rings. The molecule has 1 heterocycles. The molecule has 1 aromatic carbocycles. The van der Waals surface area contributed by atoms with E-state index in [9.17, 15) is 9.18 Å². The van der Waals surface area contributed by atoms with Crippen LogP contribution in [0.1, 0.15) is 41.8 Å². The van der Waals surface area contributed by atoms with Crippen molar-refractivity contribution in [1.29, 1.82) is 0 Å². The summed E-state index contributed by atoms with van der Waals surface area (Å²) in [7, 11) is 0. The Morgan fingerprint density at radius 2 is 2.00 bits per heavy atom. The van der Waals surface area contributed by atoms with E-state index in [0.29, 0.717) is 17.5 Å². The molecule has 0 atom stereocenters. The van der Waals surface area contributed by atoms with Crippen molar-refractivity contribution in [3.8, 4) is 0 Å². The summed E-state index contributed by atoms with van der Waals surface area (Å²) in [6, 6.07) is 6.98. The van der Waals surface area contributed by atoms with E-state index >= 15 is 0 Å². The van der Waals surface area contributed by atoms with Gasteiger partial charge in [-0.05, 0) is 42.5 Å². The lowest BCUT2D eigenvalue weighted by molar-refractivity contribution is 0.0957. The fraction of sp³-hybridized carbons (Fsp3) is 0.471. The Labute approximate surface area is 133 Å². The normalized spacial score (nSPS) is 16.0. The highest BCUT2D eigenvalue weighted by Gasteiger charge is 2.13. The number of benzene rings is 1. The van der Waals surface area contributed by atoms with Gasteiger partial charge in [0.15, 0.2) is 0 Å². The average molecular weight is 320 g/mol. The number of fused-ring (bicyclic) bond motifs is 1. The summed E-state index contributed by atoms with van der Waals surface area (Å²) in [5.74, 6) is -0.346. The Morgan fingerprint density at radius 1 is 1.18 bits per heavy atom. The second kappa shape index (κ2) is 7.20. The van der Waals surface area contributed by atoms with E-state index in [1.807, 2.05) is 0 Å². The van der Waals surface area contributed by atoms with Crippen LogP contribution in [-0.4, -0.2) is 25.0 Å². The van der Waals surface area contributed by atoms with Gasteiger partial charge in [-0.25, -0.2) is 4.39 Å². The standard InChI is InChI=1S/C17H21FN2OS/c18-13-6-7-15-12(10-13)11-16(22-15)17(21)20-9-8-19-14-4-2-1-3-5-14/h6-7,10-11,14,19H,1-5,8-9H2,(H,20,21). The third kappa shape index (κ3) is 3.84. The Kier molecular flexibility index (Phi) is 5.05. The van der Waals surface area contributed by atoms with Crippen LogP contribution < -0.4 is 10.6 Å². The molecule has 1 saturated carbocycles. The first-order valence-corrected chi connectivity index (χ1v) is 8.75. The van der Waals surface area contributed by atoms with Gasteiger partial charge in [-0.2, -0.15) is 0 Å². The van der Waals surface area contributed by atoms with Crippen molar-refractivity contribution in [1.82, 2.24) is 10.6 Å². The molecule has 0 spiro atoms. The molecule has 1 amide bonds. The topological polar surface area (TPSA) is 41.1 Å². The Balaban J connectivity index is 1.48. The van der Waals surface area contributed by atoms with Gasteiger partial charge in [0.2, 0.25) is 0 Å². The lowest BCUT2D eigenvalue weighted by Gasteiger charge is -2.22. The molecule has 0 aliphatic heterocycles. The number of carbonyl (C=O) groups is 1. The number of thiophene rings is 1. The van der Waals surface area contributed by atoms with Crippen LogP contribution in [0, 0.1) is 5.82 Å². The van der Waals surface area contributed by atoms with Crippen LogP contribution in [0.4, 0.5) is 4.39 Å². The quantitative estimate of drug-likeness (QED) is 0.825. The van der Waals surface area contributed by atoms with Gasteiger partial charge in [-0.3, -0.25) is 4.79 Å². The van der Waals surface area contributed by atoms with Crippen LogP contribution in [0.3, 0.4) is 0 Å². The molecule has 3 nitrogen and oxygen atoms in total. The predicted molar refractivity (Wildman–Crippen MR) is 89.0 cm³/mol. The molecule has 1 aromatic heterocycles. The Morgan fingerprint density at radius 3 is 2.82 bits per heavy atom. The van der Waals surface area contributed by atoms with Crippen LogP contribution in [-0.2, 0) is 0 Å². The monoisotopic (exact) mass is 320 g/mol. The second-order valence-corrected chi connectivity index (χ2v) is 6.92. The molecule has 1 aliphatic rings. The molecule has 22 heavy (non-hydrogen) atoms. The second-order valence-electron chi connectivity index (χ2n) is 5.84. The average Bonchev–Trinajstić information content (AvgIpc) is 2.95. The van der Waals surface area contributed by atoms with Gasteiger partial charge in [0.05, 0.1) is 4.88 Å². The zero-order valence-corrected chi connectivity index (χ0v) is 13.3. The molecule has 0 bridgehead atoms. The Hall–Kier alpha value is -1.46. The summed E-state index contributed by atoms with van der Waals surface area (Å²) < 4.78 is 14.1. The van der Waals surface area contributed by atoms with E-state index in [1.165, 1.54) is 55.6 Å². The molecule has 0 unspecified atom stereocenters. The SMILES string of the molecule is O=C(NCCNC1CCCCC1)c1cc2cc(F)ccc2s1. The number of hydrogen-bond acceptors (Lipinski definition) is 3. The Bertz CT molecular complexity index is 649.